The molecule has 0 amide bonds. The smallest absolute Gasteiger partial charge is 0.0625 e. The Morgan fingerprint density at radius 2 is 2.15 bits per heavy atom. The molecule has 0 aliphatic rings. The van der Waals surface area contributed by atoms with Gasteiger partial charge in [0.05, 0.1) is 6.07 Å². The minimum Gasteiger partial charge on any atom is -0.198 e. The van der Waals surface area contributed by atoms with Crippen LogP contribution in [0.5, 0.6) is 0 Å². The maximum atomic E-state index is 8.49. The molecule has 0 aliphatic heterocycles. The molecule has 0 fully saturated rings. The van der Waals surface area contributed by atoms with E-state index in [0.29, 0.717) is 6.42 Å². The summed E-state index contributed by atoms with van der Waals surface area (Å²) in [5.74, 6) is 0. The van der Waals surface area contributed by atoms with Gasteiger partial charge in [0.15, 0.2) is 0 Å². The zero-order valence-electron chi connectivity index (χ0n) is 7.16. The first-order valence-corrected chi connectivity index (χ1v) is 5.12. The summed E-state index contributed by atoms with van der Waals surface area (Å²) in [4.78, 5) is 0. The molecule has 0 unspecified atom stereocenters. The van der Waals surface area contributed by atoms with E-state index in [1.54, 1.807) is 11.3 Å². The van der Waals surface area contributed by atoms with Gasteiger partial charge in [-0.2, -0.15) is 5.26 Å². The van der Waals surface area contributed by atoms with Crippen LogP contribution in [0.2, 0.25) is 0 Å². The predicted octanol–water partition coefficient (Wildman–Crippen LogP) is 3.36. The molecule has 1 aromatic carbocycles. The third-order valence-corrected chi connectivity index (χ3v) is 3.08. The van der Waals surface area contributed by atoms with Crippen molar-refractivity contribution in [3.63, 3.8) is 0 Å². The van der Waals surface area contributed by atoms with E-state index in [1.165, 1.54) is 15.6 Å². The van der Waals surface area contributed by atoms with Crippen LogP contribution in [0.1, 0.15) is 12.0 Å². The van der Waals surface area contributed by atoms with Gasteiger partial charge >= 0.3 is 0 Å². The molecule has 0 atom stereocenters. The fourth-order valence-electron chi connectivity index (χ4n) is 1.42. The second-order valence-electron chi connectivity index (χ2n) is 2.92. The molecule has 2 rings (SSSR count). The van der Waals surface area contributed by atoms with E-state index in [2.05, 4.69) is 23.6 Å². The molecule has 2 heteroatoms. The second-order valence-corrected chi connectivity index (χ2v) is 3.83. The molecule has 1 aromatic heterocycles. The molecular weight excluding hydrogens is 178 g/mol. The van der Waals surface area contributed by atoms with Crippen molar-refractivity contribution in [2.24, 2.45) is 0 Å². The van der Waals surface area contributed by atoms with Gasteiger partial charge in [0.1, 0.15) is 0 Å². The van der Waals surface area contributed by atoms with Gasteiger partial charge in [0, 0.05) is 11.1 Å². The Hall–Kier alpha value is -1.33. The summed E-state index contributed by atoms with van der Waals surface area (Å²) in [5.41, 5.74) is 1.31. The average Bonchev–Trinajstić information content (AvgIpc) is 2.58. The van der Waals surface area contributed by atoms with Crippen LogP contribution in [-0.2, 0) is 6.42 Å². The standard InChI is InChI=1S/C11H9NS/c12-7-3-4-9-8-13-11-6-2-1-5-10(9)11/h1-2,5-6,8H,3-4H2. The Morgan fingerprint density at radius 1 is 1.31 bits per heavy atom. The zero-order chi connectivity index (χ0) is 9.10. The highest BCUT2D eigenvalue weighted by atomic mass is 32.1. The molecule has 0 saturated heterocycles. The van der Waals surface area contributed by atoms with Crippen LogP contribution in [-0.4, -0.2) is 0 Å². The first kappa shape index (κ1) is 8.28. The number of benzene rings is 1. The monoisotopic (exact) mass is 187 g/mol. The molecule has 0 aliphatic carbocycles. The first-order valence-electron chi connectivity index (χ1n) is 4.24. The van der Waals surface area contributed by atoms with Gasteiger partial charge in [-0.25, -0.2) is 0 Å². The summed E-state index contributed by atoms with van der Waals surface area (Å²) in [5, 5.41) is 12.0. The van der Waals surface area contributed by atoms with E-state index in [4.69, 9.17) is 5.26 Å². The molecule has 0 bridgehead atoms. The molecule has 64 valence electrons. The number of thiophene rings is 1. The lowest BCUT2D eigenvalue weighted by atomic mass is 10.1. The van der Waals surface area contributed by atoms with Crippen LogP contribution in [0.15, 0.2) is 29.6 Å². The number of hydrogen-bond donors (Lipinski definition) is 0. The molecule has 1 heterocycles. The van der Waals surface area contributed by atoms with Gasteiger partial charge in [-0.1, -0.05) is 18.2 Å². The van der Waals surface area contributed by atoms with E-state index in [0.717, 1.165) is 6.42 Å². The van der Waals surface area contributed by atoms with Crippen molar-refractivity contribution in [1.82, 2.24) is 0 Å². The number of nitriles is 1. The summed E-state index contributed by atoms with van der Waals surface area (Å²) in [7, 11) is 0. The summed E-state index contributed by atoms with van der Waals surface area (Å²) >= 11 is 1.75. The number of nitrogens with zero attached hydrogens (tertiary/aromatic N) is 1. The summed E-state index contributed by atoms with van der Waals surface area (Å²) < 4.78 is 1.32. The first-order chi connectivity index (χ1) is 6.42. The number of aryl methyl sites for hydroxylation is 1. The van der Waals surface area contributed by atoms with Gasteiger partial charge in [0.2, 0.25) is 0 Å². The molecule has 0 N–H and O–H groups in total. The van der Waals surface area contributed by atoms with Crippen LogP contribution < -0.4 is 0 Å². The van der Waals surface area contributed by atoms with Crippen molar-refractivity contribution in [1.29, 1.82) is 5.26 Å². The highest BCUT2D eigenvalue weighted by molar-refractivity contribution is 7.17. The Bertz CT molecular complexity index is 450. The molecular formula is C11H9NS. The number of fused-ring (bicyclic) bond motifs is 1. The fourth-order valence-corrected chi connectivity index (χ4v) is 2.41. The lowest BCUT2D eigenvalue weighted by Crippen LogP contribution is -1.79. The van der Waals surface area contributed by atoms with E-state index in [9.17, 15) is 0 Å². The Balaban J connectivity index is 2.41. The summed E-state index contributed by atoms with van der Waals surface area (Å²) in [6, 6.07) is 10.5. The Labute approximate surface area is 81.2 Å². The minimum atomic E-state index is 0.612. The average molecular weight is 187 g/mol. The highest BCUT2D eigenvalue weighted by Gasteiger charge is 2.01. The van der Waals surface area contributed by atoms with Gasteiger partial charge < -0.3 is 0 Å². The van der Waals surface area contributed by atoms with E-state index >= 15 is 0 Å². The second kappa shape index (κ2) is 3.59. The van der Waals surface area contributed by atoms with Crippen molar-refractivity contribution < 1.29 is 0 Å². The van der Waals surface area contributed by atoms with E-state index in [1.807, 2.05) is 12.1 Å². The molecule has 13 heavy (non-hydrogen) atoms. The quantitative estimate of drug-likeness (QED) is 0.707. The largest absolute Gasteiger partial charge is 0.198 e. The van der Waals surface area contributed by atoms with Gasteiger partial charge in [0.25, 0.3) is 0 Å². The van der Waals surface area contributed by atoms with Crippen LogP contribution in [0.4, 0.5) is 0 Å². The van der Waals surface area contributed by atoms with Crippen molar-refractivity contribution in [3.05, 3.63) is 35.2 Å². The fraction of sp³-hybridized carbons (Fsp3) is 0.182. The van der Waals surface area contributed by atoms with Crippen LogP contribution in [0.25, 0.3) is 10.1 Å². The molecule has 0 spiro atoms. The van der Waals surface area contributed by atoms with Crippen LogP contribution >= 0.6 is 11.3 Å². The van der Waals surface area contributed by atoms with Crippen molar-refractivity contribution in [3.8, 4) is 6.07 Å². The number of hydrogen-bond acceptors (Lipinski definition) is 2. The predicted molar refractivity (Wildman–Crippen MR) is 55.8 cm³/mol. The molecule has 1 nitrogen and oxygen atoms in total. The Kier molecular flexibility index (Phi) is 2.29. The zero-order valence-corrected chi connectivity index (χ0v) is 7.97. The van der Waals surface area contributed by atoms with Gasteiger partial charge in [-0.3, -0.25) is 0 Å². The topological polar surface area (TPSA) is 23.8 Å². The normalized spacial score (nSPS) is 10.1. The van der Waals surface area contributed by atoms with Crippen LogP contribution in [0, 0.1) is 11.3 Å². The van der Waals surface area contributed by atoms with Crippen LogP contribution in [0.3, 0.4) is 0 Å². The number of rotatable bonds is 2. The SMILES string of the molecule is N#CCCc1csc2ccccc12. The third-order valence-electron chi connectivity index (χ3n) is 2.07. The third kappa shape index (κ3) is 1.56. The lowest BCUT2D eigenvalue weighted by Gasteiger charge is -1.93. The van der Waals surface area contributed by atoms with E-state index < -0.39 is 0 Å². The van der Waals surface area contributed by atoms with Crippen molar-refractivity contribution >= 4 is 21.4 Å². The molecule has 0 saturated carbocycles. The summed E-state index contributed by atoms with van der Waals surface area (Å²) in [6.45, 7) is 0. The Morgan fingerprint density at radius 3 is 3.00 bits per heavy atom. The van der Waals surface area contributed by atoms with Crippen molar-refractivity contribution in [2.75, 3.05) is 0 Å². The summed E-state index contributed by atoms with van der Waals surface area (Å²) in [6.07, 6.45) is 1.49. The van der Waals surface area contributed by atoms with Gasteiger partial charge in [-0.05, 0) is 28.8 Å². The maximum absolute atomic E-state index is 8.49. The minimum absolute atomic E-state index is 0.612. The lowest BCUT2D eigenvalue weighted by molar-refractivity contribution is 1.03. The molecule has 0 radical (unpaired) electrons. The van der Waals surface area contributed by atoms with E-state index in [-0.39, 0.29) is 0 Å². The highest BCUT2D eigenvalue weighted by Crippen LogP contribution is 2.26. The van der Waals surface area contributed by atoms with Gasteiger partial charge in [-0.15, -0.1) is 11.3 Å². The molecule has 2 aromatic rings. The maximum Gasteiger partial charge on any atom is 0.0625 e. The van der Waals surface area contributed by atoms with Crippen molar-refractivity contribution in [2.45, 2.75) is 12.8 Å².